The highest BCUT2D eigenvalue weighted by atomic mass is 16.5. The van der Waals surface area contributed by atoms with Crippen LogP contribution in [-0.2, 0) is 0 Å². The predicted octanol–water partition coefficient (Wildman–Crippen LogP) is 0.461. The lowest BCUT2D eigenvalue weighted by molar-refractivity contribution is 0.0948. The van der Waals surface area contributed by atoms with Crippen molar-refractivity contribution in [3.63, 3.8) is 0 Å². The van der Waals surface area contributed by atoms with Gasteiger partial charge in [0.1, 0.15) is 17.2 Å². The summed E-state index contributed by atoms with van der Waals surface area (Å²) in [5.41, 5.74) is 2.84. The van der Waals surface area contributed by atoms with Crippen LogP contribution >= 0.6 is 0 Å². The van der Waals surface area contributed by atoms with Crippen LogP contribution < -0.4 is 16.0 Å². The second-order valence-corrected chi connectivity index (χ2v) is 3.65. The van der Waals surface area contributed by atoms with Crippen LogP contribution in [0.4, 0.5) is 0 Å². The fraction of sp³-hybridized carbons (Fsp3) is 0.0833. The number of hydrogen-bond donors (Lipinski definition) is 3. The standard InChI is InChI=1S/C12H12N4O3/c1-19-7-2-3-8(11(17)4-7)9-5-14-6-10(15-9)12(18)16-13/h2-6,17H,13H2,1H3,(H,16,18). The van der Waals surface area contributed by atoms with Crippen LogP contribution in [0, 0.1) is 0 Å². The van der Waals surface area contributed by atoms with Crippen molar-refractivity contribution in [2.24, 2.45) is 5.84 Å². The molecule has 0 radical (unpaired) electrons. The van der Waals surface area contributed by atoms with Gasteiger partial charge in [0.05, 0.1) is 25.2 Å². The maximum absolute atomic E-state index is 11.4. The largest absolute Gasteiger partial charge is 0.507 e. The molecule has 0 aliphatic carbocycles. The van der Waals surface area contributed by atoms with E-state index in [1.807, 2.05) is 5.43 Å². The molecular formula is C12H12N4O3. The number of hydrogen-bond acceptors (Lipinski definition) is 6. The first-order valence-electron chi connectivity index (χ1n) is 5.36. The van der Waals surface area contributed by atoms with E-state index in [1.54, 1.807) is 12.1 Å². The van der Waals surface area contributed by atoms with Gasteiger partial charge in [0, 0.05) is 11.6 Å². The maximum atomic E-state index is 11.4. The summed E-state index contributed by atoms with van der Waals surface area (Å²) >= 11 is 0. The summed E-state index contributed by atoms with van der Waals surface area (Å²) in [6.45, 7) is 0. The first kappa shape index (κ1) is 12.8. The summed E-state index contributed by atoms with van der Waals surface area (Å²) in [6, 6.07) is 4.75. The van der Waals surface area contributed by atoms with Gasteiger partial charge in [-0.2, -0.15) is 0 Å². The Morgan fingerprint density at radius 3 is 2.84 bits per heavy atom. The van der Waals surface area contributed by atoms with Crippen molar-refractivity contribution in [2.75, 3.05) is 7.11 Å². The molecule has 2 rings (SSSR count). The number of amides is 1. The van der Waals surface area contributed by atoms with Crippen molar-refractivity contribution in [3.8, 4) is 22.8 Å². The Bertz CT molecular complexity index is 616. The summed E-state index contributed by atoms with van der Waals surface area (Å²) in [6.07, 6.45) is 2.72. The molecule has 0 saturated carbocycles. The highest BCUT2D eigenvalue weighted by molar-refractivity contribution is 5.92. The summed E-state index contributed by atoms with van der Waals surface area (Å²) in [7, 11) is 1.50. The molecule has 0 spiro atoms. The number of nitrogens with one attached hydrogen (secondary N) is 1. The topological polar surface area (TPSA) is 110 Å². The quantitative estimate of drug-likeness (QED) is 0.420. The van der Waals surface area contributed by atoms with Gasteiger partial charge in [0.15, 0.2) is 0 Å². The minimum absolute atomic E-state index is 0.0149. The van der Waals surface area contributed by atoms with Gasteiger partial charge in [-0.05, 0) is 12.1 Å². The summed E-state index contributed by atoms with van der Waals surface area (Å²) in [4.78, 5) is 19.3. The van der Waals surface area contributed by atoms with Crippen LogP contribution in [-0.4, -0.2) is 28.1 Å². The van der Waals surface area contributed by atoms with E-state index in [1.165, 1.54) is 25.6 Å². The Morgan fingerprint density at radius 1 is 1.42 bits per heavy atom. The van der Waals surface area contributed by atoms with Crippen molar-refractivity contribution in [3.05, 3.63) is 36.3 Å². The molecule has 7 heteroatoms. The SMILES string of the molecule is COc1ccc(-c2cncc(C(=O)NN)n2)c(O)c1. The van der Waals surface area contributed by atoms with E-state index in [0.717, 1.165) is 0 Å². The van der Waals surface area contributed by atoms with E-state index in [4.69, 9.17) is 10.6 Å². The zero-order valence-electron chi connectivity index (χ0n) is 10.1. The molecule has 1 amide bonds. The number of ether oxygens (including phenoxy) is 1. The van der Waals surface area contributed by atoms with Crippen molar-refractivity contribution < 1.29 is 14.6 Å². The molecule has 0 bridgehead atoms. The summed E-state index contributed by atoms with van der Waals surface area (Å²) in [5.74, 6) is 4.98. The number of benzene rings is 1. The molecule has 0 atom stereocenters. The third kappa shape index (κ3) is 2.61. The molecule has 1 aromatic carbocycles. The van der Waals surface area contributed by atoms with Gasteiger partial charge in [-0.25, -0.2) is 10.8 Å². The number of aromatic nitrogens is 2. The number of hydrazine groups is 1. The van der Waals surface area contributed by atoms with Gasteiger partial charge in [-0.1, -0.05) is 0 Å². The summed E-state index contributed by atoms with van der Waals surface area (Å²) < 4.78 is 4.99. The molecule has 0 saturated heterocycles. The number of nitrogen functional groups attached to an aromatic ring is 1. The van der Waals surface area contributed by atoms with E-state index in [2.05, 4.69) is 9.97 Å². The predicted molar refractivity (Wildman–Crippen MR) is 67.3 cm³/mol. The Hall–Kier alpha value is -2.67. The second kappa shape index (κ2) is 5.32. The lowest BCUT2D eigenvalue weighted by atomic mass is 10.1. The van der Waals surface area contributed by atoms with E-state index in [0.29, 0.717) is 17.0 Å². The van der Waals surface area contributed by atoms with Crippen molar-refractivity contribution in [1.82, 2.24) is 15.4 Å². The Balaban J connectivity index is 2.44. The Kier molecular flexibility index (Phi) is 3.58. The fourth-order valence-corrected chi connectivity index (χ4v) is 1.53. The average molecular weight is 260 g/mol. The molecule has 4 N–H and O–H groups in total. The minimum Gasteiger partial charge on any atom is -0.507 e. The van der Waals surface area contributed by atoms with Gasteiger partial charge < -0.3 is 9.84 Å². The number of phenolic OH excluding ortho intramolecular Hbond substituents is 1. The van der Waals surface area contributed by atoms with Crippen molar-refractivity contribution >= 4 is 5.91 Å². The number of aromatic hydroxyl groups is 1. The van der Waals surface area contributed by atoms with Gasteiger partial charge >= 0.3 is 0 Å². The van der Waals surface area contributed by atoms with E-state index in [-0.39, 0.29) is 11.4 Å². The number of nitrogens with zero attached hydrogens (tertiary/aromatic N) is 2. The lowest BCUT2D eigenvalue weighted by Crippen LogP contribution is -2.30. The first-order chi connectivity index (χ1) is 9.15. The molecule has 0 aliphatic heterocycles. The number of rotatable bonds is 3. The minimum atomic E-state index is -0.553. The van der Waals surface area contributed by atoms with E-state index >= 15 is 0 Å². The number of phenols is 1. The molecule has 0 aliphatic rings. The number of methoxy groups -OCH3 is 1. The van der Waals surface area contributed by atoms with Gasteiger partial charge in [-0.15, -0.1) is 0 Å². The molecule has 98 valence electrons. The summed E-state index contributed by atoms with van der Waals surface area (Å²) in [5, 5.41) is 9.89. The van der Waals surface area contributed by atoms with Crippen LogP contribution in [0.15, 0.2) is 30.6 Å². The Morgan fingerprint density at radius 2 is 2.21 bits per heavy atom. The maximum Gasteiger partial charge on any atom is 0.285 e. The monoisotopic (exact) mass is 260 g/mol. The number of carbonyl (C=O) groups excluding carboxylic acids is 1. The molecular weight excluding hydrogens is 248 g/mol. The average Bonchev–Trinajstić information content (AvgIpc) is 2.46. The van der Waals surface area contributed by atoms with Crippen LogP contribution in [0.5, 0.6) is 11.5 Å². The number of nitrogens with two attached hydrogens (primary N) is 1. The van der Waals surface area contributed by atoms with Crippen molar-refractivity contribution in [1.29, 1.82) is 0 Å². The zero-order valence-corrected chi connectivity index (χ0v) is 10.1. The van der Waals surface area contributed by atoms with Crippen LogP contribution in [0.2, 0.25) is 0 Å². The number of carbonyl (C=O) groups is 1. The molecule has 7 nitrogen and oxygen atoms in total. The molecule has 2 aromatic rings. The molecule has 19 heavy (non-hydrogen) atoms. The molecule has 1 heterocycles. The van der Waals surface area contributed by atoms with Crippen molar-refractivity contribution in [2.45, 2.75) is 0 Å². The van der Waals surface area contributed by atoms with Gasteiger partial charge in [-0.3, -0.25) is 15.2 Å². The normalized spacial score (nSPS) is 10.0. The van der Waals surface area contributed by atoms with E-state index < -0.39 is 5.91 Å². The third-order valence-corrected chi connectivity index (χ3v) is 2.48. The second-order valence-electron chi connectivity index (χ2n) is 3.65. The van der Waals surface area contributed by atoms with Crippen LogP contribution in [0.25, 0.3) is 11.3 Å². The highest BCUT2D eigenvalue weighted by Crippen LogP contribution is 2.30. The zero-order chi connectivity index (χ0) is 13.8. The highest BCUT2D eigenvalue weighted by Gasteiger charge is 2.11. The third-order valence-electron chi connectivity index (χ3n) is 2.48. The first-order valence-corrected chi connectivity index (χ1v) is 5.36. The lowest BCUT2D eigenvalue weighted by Gasteiger charge is -2.07. The van der Waals surface area contributed by atoms with Gasteiger partial charge in [0.25, 0.3) is 5.91 Å². The van der Waals surface area contributed by atoms with Crippen LogP contribution in [0.1, 0.15) is 10.5 Å². The molecule has 1 aromatic heterocycles. The Labute approximate surface area is 109 Å². The van der Waals surface area contributed by atoms with Crippen LogP contribution in [0.3, 0.4) is 0 Å². The van der Waals surface area contributed by atoms with E-state index in [9.17, 15) is 9.90 Å². The molecule has 0 fully saturated rings. The smallest absolute Gasteiger partial charge is 0.285 e. The molecule has 0 unspecified atom stereocenters. The van der Waals surface area contributed by atoms with Gasteiger partial charge in [0.2, 0.25) is 0 Å². The fourth-order valence-electron chi connectivity index (χ4n) is 1.53.